The van der Waals surface area contributed by atoms with Crippen LogP contribution in [0.15, 0.2) is 0 Å². The van der Waals surface area contributed by atoms with E-state index in [-0.39, 0.29) is 12.5 Å². The molecule has 0 N–H and O–H groups in total. The van der Waals surface area contributed by atoms with Gasteiger partial charge in [0, 0.05) is 7.11 Å². The predicted molar refractivity (Wildman–Crippen MR) is 35.7 cm³/mol. The molecule has 0 aliphatic carbocycles. The molecule has 0 aromatic heterocycles. The lowest BCUT2D eigenvalue weighted by atomic mass is 10.0. The van der Waals surface area contributed by atoms with Crippen molar-refractivity contribution in [3.63, 3.8) is 0 Å². The molecule has 0 aromatic rings. The van der Waals surface area contributed by atoms with Gasteiger partial charge in [-0.1, -0.05) is 0 Å². The molecular formula is C7H10O4. The third kappa shape index (κ3) is 1.57. The van der Waals surface area contributed by atoms with Gasteiger partial charge in [0.25, 0.3) is 0 Å². The summed E-state index contributed by atoms with van der Waals surface area (Å²) >= 11 is 0. The average Bonchev–Trinajstić information content (AvgIpc) is 2.28. The van der Waals surface area contributed by atoms with Crippen molar-refractivity contribution in [2.45, 2.75) is 19.4 Å². The molecule has 62 valence electrons. The third-order valence-electron chi connectivity index (χ3n) is 1.84. The Morgan fingerprint density at radius 2 is 2.27 bits per heavy atom. The van der Waals surface area contributed by atoms with Crippen LogP contribution in [0.2, 0.25) is 0 Å². The van der Waals surface area contributed by atoms with E-state index in [4.69, 9.17) is 4.74 Å². The van der Waals surface area contributed by atoms with Gasteiger partial charge in [0.15, 0.2) is 0 Å². The van der Waals surface area contributed by atoms with E-state index in [1.54, 1.807) is 6.92 Å². The number of hydrogen-bond acceptors (Lipinski definition) is 4. The van der Waals surface area contributed by atoms with E-state index < -0.39 is 17.9 Å². The summed E-state index contributed by atoms with van der Waals surface area (Å²) in [6.45, 7) is 1.74. The molecule has 0 bridgehead atoms. The van der Waals surface area contributed by atoms with E-state index in [0.717, 1.165) is 0 Å². The maximum atomic E-state index is 10.9. The van der Waals surface area contributed by atoms with Crippen molar-refractivity contribution in [3.8, 4) is 0 Å². The van der Waals surface area contributed by atoms with Crippen molar-refractivity contribution in [2.24, 2.45) is 5.92 Å². The number of carbonyl (C=O) groups is 2. The van der Waals surface area contributed by atoms with Crippen LogP contribution in [0.5, 0.6) is 0 Å². The summed E-state index contributed by atoms with van der Waals surface area (Å²) in [5.41, 5.74) is 0. The van der Waals surface area contributed by atoms with Crippen molar-refractivity contribution >= 4 is 11.9 Å². The summed E-state index contributed by atoms with van der Waals surface area (Å²) in [5.74, 6) is -1.33. The molecule has 1 saturated heterocycles. The van der Waals surface area contributed by atoms with Gasteiger partial charge in [-0.2, -0.15) is 0 Å². The number of ether oxygens (including phenoxy) is 2. The topological polar surface area (TPSA) is 52.6 Å². The Morgan fingerprint density at radius 1 is 1.64 bits per heavy atom. The molecule has 1 aliphatic rings. The standard InChI is InChI=1S/C7H10O4/c1-4(10-2)5-3-6(8)11-7(5)9/h4-5H,3H2,1-2H3. The van der Waals surface area contributed by atoms with E-state index >= 15 is 0 Å². The summed E-state index contributed by atoms with van der Waals surface area (Å²) in [6.07, 6.45) is -0.0950. The molecule has 2 unspecified atom stereocenters. The maximum absolute atomic E-state index is 10.9. The van der Waals surface area contributed by atoms with Crippen molar-refractivity contribution in [1.29, 1.82) is 0 Å². The van der Waals surface area contributed by atoms with E-state index in [9.17, 15) is 9.59 Å². The van der Waals surface area contributed by atoms with Gasteiger partial charge in [0.05, 0.1) is 18.4 Å². The van der Waals surface area contributed by atoms with E-state index in [1.807, 2.05) is 0 Å². The van der Waals surface area contributed by atoms with Crippen LogP contribution in [0, 0.1) is 5.92 Å². The second kappa shape index (κ2) is 3.00. The lowest BCUT2D eigenvalue weighted by Crippen LogP contribution is -2.23. The fourth-order valence-corrected chi connectivity index (χ4v) is 1.01. The van der Waals surface area contributed by atoms with Crippen LogP contribution in [0.1, 0.15) is 13.3 Å². The Balaban J connectivity index is 2.59. The highest BCUT2D eigenvalue weighted by molar-refractivity contribution is 5.94. The van der Waals surface area contributed by atoms with E-state index in [1.165, 1.54) is 7.11 Å². The molecule has 4 heteroatoms. The Labute approximate surface area is 64.5 Å². The number of hydrogen-bond donors (Lipinski definition) is 0. The SMILES string of the molecule is COC(C)C1CC(=O)OC1=O. The number of rotatable bonds is 2. The normalized spacial score (nSPS) is 26.9. The molecule has 0 radical (unpaired) electrons. The Kier molecular flexibility index (Phi) is 2.24. The zero-order valence-electron chi connectivity index (χ0n) is 6.49. The first kappa shape index (κ1) is 8.20. The minimum absolute atomic E-state index is 0.147. The highest BCUT2D eigenvalue weighted by Crippen LogP contribution is 2.20. The molecule has 1 heterocycles. The zero-order valence-corrected chi connectivity index (χ0v) is 6.49. The second-order valence-electron chi connectivity index (χ2n) is 2.54. The molecule has 0 spiro atoms. The van der Waals surface area contributed by atoms with E-state index in [2.05, 4.69) is 4.74 Å². The first-order chi connectivity index (χ1) is 5.15. The lowest BCUT2D eigenvalue weighted by Gasteiger charge is -2.11. The number of methoxy groups -OCH3 is 1. The number of cyclic esters (lactones) is 2. The lowest BCUT2D eigenvalue weighted by molar-refractivity contribution is -0.154. The molecule has 4 nitrogen and oxygen atoms in total. The molecule has 2 atom stereocenters. The van der Waals surface area contributed by atoms with Gasteiger partial charge < -0.3 is 9.47 Å². The van der Waals surface area contributed by atoms with Crippen LogP contribution in [0.3, 0.4) is 0 Å². The summed E-state index contributed by atoms with van der Waals surface area (Å²) in [4.78, 5) is 21.4. The first-order valence-electron chi connectivity index (χ1n) is 3.42. The molecule has 1 fully saturated rings. The summed E-state index contributed by atoms with van der Waals surface area (Å²) < 4.78 is 9.24. The van der Waals surface area contributed by atoms with Crippen molar-refractivity contribution in [2.75, 3.05) is 7.11 Å². The van der Waals surface area contributed by atoms with Gasteiger partial charge in [-0.25, -0.2) is 0 Å². The van der Waals surface area contributed by atoms with Crippen LogP contribution in [-0.4, -0.2) is 25.2 Å². The van der Waals surface area contributed by atoms with Gasteiger partial charge in [-0.15, -0.1) is 0 Å². The smallest absolute Gasteiger partial charge is 0.319 e. The fraction of sp³-hybridized carbons (Fsp3) is 0.714. The minimum Gasteiger partial charge on any atom is -0.393 e. The molecule has 1 aliphatic heterocycles. The third-order valence-corrected chi connectivity index (χ3v) is 1.84. The monoisotopic (exact) mass is 158 g/mol. The first-order valence-corrected chi connectivity index (χ1v) is 3.42. The molecule has 0 amide bonds. The zero-order chi connectivity index (χ0) is 8.43. The summed E-state index contributed by atoms with van der Waals surface area (Å²) in [6, 6.07) is 0. The molecule has 11 heavy (non-hydrogen) atoms. The quantitative estimate of drug-likeness (QED) is 0.423. The van der Waals surface area contributed by atoms with Gasteiger partial charge in [0.1, 0.15) is 0 Å². The average molecular weight is 158 g/mol. The highest BCUT2D eigenvalue weighted by Gasteiger charge is 2.37. The molecule has 0 aromatic carbocycles. The van der Waals surface area contributed by atoms with Gasteiger partial charge in [-0.3, -0.25) is 9.59 Å². The Hall–Kier alpha value is -0.900. The van der Waals surface area contributed by atoms with E-state index in [0.29, 0.717) is 0 Å². The van der Waals surface area contributed by atoms with Crippen LogP contribution in [-0.2, 0) is 19.1 Å². The van der Waals surface area contributed by atoms with Crippen molar-refractivity contribution in [1.82, 2.24) is 0 Å². The highest BCUT2D eigenvalue weighted by atomic mass is 16.6. The maximum Gasteiger partial charge on any atom is 0.319 e. The summed E-state index contributed by atoms with van der Waals surface area (Å²) in [7, 11) is 1.50. The summed E-state index contributed by atoms with van der Waals surface area (Å²) in [5, 5.41) is 0. The van der Waals surface area contributed by atoms with Crippen molar-refractivity contribution in [3.05, 3.63) is 0 Å². The number of carbonyl (C=O) groups excluding carboxylic acids is 2. The molecular weight excluding hydrogens is 148 g/mol. The van der Waals surface area contributed by atoms with Crippen LogP contribution in [0.4, 0.5) is 0 Å². The van der Waals surface area contributed by atoms with Gasteiger partial charge in [0.2, 0.25) is 0 Å². The van der Waals surface area contributed by atoms with Crippen LogP contribution >= 0.6 is 0 Å². The second-order valence-corrected chi connectivity index (χ2v) is 2.54. The molecule has 0 saturated carbocycles. The fourth-order valence-electron chi connectivity index (χ4n) is 1.01. The Bertz CT molecular complexity index is 187. The molecule has 1 rings (SSSR count). The van der Waals surface area contributed by atoms with Crippen LogP contribution in [0.25, 0.3) is 0 Å². The van der Waals surface area contributed by atoms with Gasteiger partial charge in [-0.05, 0) is 6.92 Å². The van der Waals surface area contributed by atoms with Crippen LogP contribution < -0.4 is 0 Å². The largest absolute Gasteiger partial charge is 0.393 e. The predicted octanol–water partition coefficient (Wildman–Crippen LogP) is 0.111. The van der Waals surface area contributed by atoms with Crippen molar-refractivity contribution < 1.29 is 19.1 Å². The minimum atomic E-state index is -0.468. The Morgan fingerprint density at radius 3 is 2.64 bits per heavy atom. The number of esters is 2. The van der Waals surface area contributed by atoms with Gasteiger partial charge >= 0.3 is 11.9 Å².